The van der Waals surface area contributed by atoms with Gasteiger partial charge in [-0.2, -0.15) is 0 Å². The highest BCUT2D eigenvalue weighted by molar-refractivity contribution is 5.94. The minimum absolute atomic E-state index is 0.169. The van der Waals surface area contributed by atoms with E-state index in [-0.39, 0.29) is 5.91 Å². The molecule has 2 fully saturated rings. The fourth-order valence-corrected chi connectivity index (χ4v) is 3.16. The van der Waals surface area contributed by atoms with Gasteiger partial charge in [-0.05, 0) is 12.1 Å². The van der Waals surface area contributed by atoms with Crippen LogP contribution in [0.2, 0.25) is 0 Å². The number of nitrogens with zero attached hydrogens (tertiary/aromatic N) is 3. The number of nitrogens with one attached hydrogen (secondary N) is 1. The zero-order valence-electron chi connectivity index (χ0n) is 13.2. The number of hydrogen-bond donors (Lipinski definition) is 1. The van der Waals surface area contributed by atoms with E-state index in [0.29, 0.717) is 0 Å². The molecule has 0 saturated carbocycles. The SMILES string of the molecule is O=C(c1ccccc1)N1CCN(CCN2CCNCC2)CC1. The number of hydrogen-bond acceptors (Lipinski definition) is 4. The van der Waals surface area contributed by atoms with E-state index in [1.165, 1.54) is 0 Å². The summed E-state index contributed by atoms with van der Waals surface area (Å²) in [5.74, 6) is 0.169. The van der Waals surface area contributed by atoms with Crippen molar-refractivity contribution in [2.24, 2.45) is 0 Å². The van der Waals surface area contributed by atoms with Gasteiger partial charge in [-0.3, -0.25) is 14.6 Å². The minimum atomic E-state index is 0.169. The Morgan fingerprint density at radius 1 is 0.864 bits per heavy atom. The van der Waals surface area contributed by atoms with Crippen LogP contribution in [-0.2, 0) is 0 Å². The van der Waals surface area contributed by atoms with Crippen molar-refractivity contribution in [3.63, 3.8) is 0 Å². The summed E-state index contributed by atoms with van der Waals surface area (Å²) < 4.78 is 0. The molecule has 2 saturated heterocycles. The molecule has 2 heterocycles. The number of carbonyl (C=O) groups is 1. The van der Waals surface area contributed by atoms with Crippen molar-refractivity contribution in [1.82, 2.24) is 20.0 Å². The highest BCUT2D eigenvalue weighted by atomic mass is 16.2. The largest absolute Gasteiger partial charge is 0.336 e. The Bertz CT molecular complexity index is 465. The lowest BCUT2D eigenvalue weighted by molar-refractivity contribution is 0.0620. The molecule has 1 aromatic rings. The summed E-state index contributed by atoms with van der Waals surface area (Å²) in [5, 5.41) is 3.39. The summed E-state index contributed by atoms with van der Waals surface area (Å²) in [6, 6.07) is 9.61. The highest BCUT2D eigenvalue weighted by Gasteiger charge is 2.22. The molecule has 5 nitrogen and oxygen atoms in total. The Morgan fingerprint density at radius 3 is 2.09 bits per heavy atom. The first-order chi connectivity index (χ1) is 10.8. The van der Waals surface area contributed by atoms with Crippen molar-refractivity contribution >= 4 is 5.91 Å². The van der Waals surface area contributed by atoms with Crippen molar-refractivity contribution in [1.29, 1.82) is 0 Å². The third-order valence-electron chi connectivity index (χ3n) is 4.62. The van der Waals surface area contributed by atoms with Gasteiger partial charge in [-0.25, -0.2) is 0 Å². The molecule has 0 aliphatic carbocycles. The Kier molecular flexibility index (Phi) is 5.43. The van der Waals surface area contributed by atoms with Crippen molar-refractivity contribution in [3.05, 3.63) is 35.9 Å². The monoisotopic (exact) mass is 302 g/mol. The van der Waals surface area contributed by atoms with Crippen LogP contribution in [0.25, 0.3) is 0 Å². The Morgan fingerprint density at radius 2 is 1.45 bits per heavy atom. The Labute approximate surface area is 132 Å². The molecule has 120 valence electrons. The van der Waals surface area contributed by atoms with E-state index in [2.05, 4.69) is 15.1 Å². The van der Waals surface area contributed by atoms with Crippen LogP contribution in [-0.4, -0.2) is 86.1 Å². The first-order valence-electron chi connectivity index (χ1n) is 8.33. The van der Waals surface area contributed by atoms with Crippen LogP contribution in [0.1, 0.15) is 10.4 Å². The van der Waals surface area contributed by atoms with E-state index in [1.807, 2.05) is 35.2 Å². The van der Waals surface area contributed by atoms with E-state index in [1.54, 1.807) is 0 Å². The first kappa shape index (κ1) is 15.5. The number of rotatable bonds is 4. The van der Waals surface area contributed by atoms with Gasteiger partial charge < -0.3 is 10.2 Å². The van der Waals surface area contributed by atoms with E-state index in [0.717, 1.165) is 71.0 Å². The third-order valence-corrected chi connectivity index (χ3v) is 4.62. The summed E-state index contributed by atoms with van der Waals surface area (Å²) in [7, 11) is 0. The normalized spacial score (nSPS) is 21.0. The summed E-state index contributed by atoms with van der Waals surface area (Å²) in [5.41, 5.74) is 0.803. The Balaban J connectivity index is 1.41. The summed E-state index contributed by atoms with van der Waals surface area (Å²) >= 11 is 0. The van der Waals surface area contributed by atoms with Crippen LogP contribution in [0.5, 0.6) is 0 Å². The molecule has 0 radical (unpaired) electrons. The molecular weight excluding hydrogens is 276 g/mol. The van der Waals surface area contributed by atoms with Crippen LogP contribution in [0.3, 0.4) is 0 Å². The maximum absolute atomic E-state index is 12.4. The smallest absolute Gasteiger partial charge is 0.253 e. The molecule has 1 amide bonds. The van der Waals surface area contributed by atoms with Gasteiger partial charge >= 0.3 is 0 Å². The number of carbonyl (C=O) groups excluding carboxylic acids is 1. The van der Waals surface area contributed by atoms with Gasteiger partial charge in [-0.1, -0.05) is 18.2 Å². The zero-order valence-corrected chi connectivity index (χ0v) is 13.2. The number of piperazine rings is 2. The molecule has 1 aromatic carbocycles. The first-order valence-corrected chi connectivity index (χ1v) is 8.33. The van der Waals surface area contributed by atoms with Crippen LogP contribution in [0.15, 0.2) is 30.3 Å². The van der Waals surface area contributed by atoms with Gasteiger partial charge in [0.25, 0.3) is 5.91 Å². The van der Waals surface area contributed by atoms with Crippen LogP contribution < -0.4 is 5.32 Å². The van der Waals surface area contributed by atoms with Crippen molar-refractivity contribution in [2.75, 3.05) is 65.4 Å². The highest BCUT2D eigenvalue weighted by Crippen LogP contribution is 2.08. The zero-order chi connectivity index (χ0) is 15.2. The predicted molar refractivity (Wildman–Crippen MR) is 88.1 cm³/mol. The molecule has 5 heteroatoms. The second kappa shape index (κ2) is 7.72. The molecule has 0 atom stereocenters. The molecule has 0 bridgehead atoms. The van der Waals surface area contributed by atoms with Gasteiger partial charge in [0.1, 0.15) is 0 Å². The van der Waals surface area contributed by atoms with Crippen LogP contribution >= 0.6 is 0 Å². The molecule has 0 unspecified atom stereocenters. The van der Waals surface area contributed by atoms with Crippen molar-refractivity contribution in [3.8, 4) is 0 Å². The van der Waals surface area contributed by atoms with Gasteiger partial charge in [0.05, 0.1) is 0 Å². The van der Waals surface area contributed by atoms with Gasteiger partial charge in [0, 0.05) is 71.0 Å². The molecular formula is C17H26N4O. The minimum Gasteiger partial charge on any atom is -0.336 e. The number of benzene rings is 1. The van der Waals surface area contributed by atoms with E-state index in [4.69, 9.17) is 0 Å². The molecule has 2 aliphatic heterocycles. The molecule has 0 aromatic heterocycles. The van der Waals surface area contributed by atoms with Crippen molar-refractivity contribution in [2.45, 2.75) is 0 Å². The standard InChI is InChI=1S/C17H26N4O/c22-17(16-4-2-1-3-5-16)21-14-12-20(13-15-21)11-10-19-8-6-18-7-9-19/h1-5,18H,6-15H2. The van der Waals surface area contributed by atoms with Crippen molar-refractivity contribution < 1.29 is 4.79 Å². The summed E-state index contributed by atoms with van der Waals surface area (Å²) in [4.78, 5) is 19.4. The van der Waals surface area contributed by atoms with Crippen LogP contribution in [0, 0.1) is 0 Å². The maximum atomic E-state index is 12.4. The molecule has 3 rings (SSSR count). The lowest BCUT2D eigenvalue weighted by Gasteiger charge is -2.36. The average molecular weight is 302 g/mol. The quantitative estimate of drug-likeness (QED) is 0.871. The van der Waals surface area contributed by atoms with E-state index >= 15 is 0 Å². The van der Waals surface area contributed by atoms with Gasteiger partial charge in [0.2, 0.25) is 0 Å². The predicted octanol–water partition coefficient (Wildman–Crippen LogP) is 0.350. The third kappa shape index (κ3) is 4.06. The average Bonchev–Trinajstić information content (AvgIpc) is 2.61. The Hall–Kier alpha value is -1.43. The fourth-order valence-electron chi connectivity index (χ4n) is 3.16. The second-order valence-electron chi connectivity index (χ2n) is 6.09. The maximum Gasteiger partial charge on any atom is 0.253 e. The lowest BCUT2D eigenvalue weighted by Crippen LogP contribution is -2.51. The van der Waals surface area contributed by atoms with Crippen LogP contribution in [0.4, 0.5) is 0 Å². The molecule has 2 aliphatic rings. The molecule has 22 heavy (non-hydrogen) atoms. The fraction of sp³-hybridized carbons (Fsp3) is 0.588. The molecule has 1 N–H and O–H groups in total. The summed E-state index contributed by atoms with van der Waals surface area (Å²) in [6.45, 7) is 10.5. The topological polar surface area (TPSA) is 38.8 Å². The van der Waals surface area contributed by atoms with E-state index < -0.39 is 0 Å². The number of amides is 1. The second-order valence-corrected chi connectivity index (χ2v) is 6.09. The summed E-state index contributed by atoms with van der Waals surface area (Å²) in [6.07, 6.45) is 0. The lowest BCUT2D eigenvalue weighted by atomic mass is 10.2. The van der Waals surface area contributed by atoms with Gasteiger partial charge in [0.15, 0.2) is 0 Å². The van der Waals surface area contributed by atoms with Gasteiger partial charge in [-0.15, -0.1) is 0 Å². The molecule has 0 spiro atoms. The van der Waals surface area contributed by atoms with E-state index in [9.17, 15) is 4.79 Å².